The van der Waals surface area contributed by atoms with E-state index in [0.717, 1.165) is 24.3 Å². The van der Waals surface area contributed by atoms with Crippen molar-refractivity contribution < 1.29 is 27.2 Å². The highest BCUT2D eigenvalue weighted by atomic mass is 19.4. The Hall–Kier alpha value is -2.64. The maximum atomic E-state index is 13.4. The quantitative estimate of drug-likeness (QED) is 0.479. The van der Waals surface area contributed by atoms with E-state index in [0.29, 0.717) is 5.56 Å². The zero-order valence-corrected chi connectivity index (χ0v) is 10.9. The van der Waals surface area contributed by atoms with Crippen molar-refractivity contribution in [3.05, 3.63) is 69.5 Å². The summed E-state index contributed by atoms with van der Waals surface area (Å²) in [5.74, 6) is -1.00. The Balaban J connectivity index is 2.04. The first-order valence-electron chi connectivity index (χ1n) is 6.00. The summed E-state index contributed by atoms with van der Waals surface area (Å²) in [7, 11) is 0. The van der Waals surface area contributed by atoms with Crippen molar-refractivity contribution in [2.75, 3.05) is 0 Å². The predicted octanol–water partition coefficient (Wildman–Crippen LogP) is 4.33. The van der Waals surface area contributed by atoms with E-state index in [9.17, 15) is 27.7 Å². The first kappa shape index (κ1) is 15.7. The van der Waals surface area contributed by atoms with E-state index in [4.69, 9.17) is 4.74 Å². The van der Waals surface area contributed by atoms with Gasteiger partial charge in [-0.2, -0.15) is 17.6 Å². The zero-order valence-electron chi connectivity index (χ0n) is 10.9. The number of benzene rings is 2. The molecule has 2 aromatic rings. The molecule has 0 unspecified atom stereocenters. The van der Waals surface area contributed by atoms with Crippen LogP contribution in [0.25, 0.3) is 0 Å². The van der Waals surface area contributed by atoms with Crippen LogP contribution in [-0.4, -0.2) is 4.92 Å². The predicted molar refractivity (Wildman–Crippen MR) is 68.8 cm³/mol. The maximum Gasteiger partial charge on any atom is 0.416 e. The van der Waals surface area contributed by atoms with Crippen LogP contribution < -0.4 is 4.74 Å². The second kappa shape index (κ2) is 6.00. The van der Waals surface area contributed by atoms with Gasteiger partial charge in [0.15, 0.2) is 0 Å². The minimum Gasteiger partial charge on any atom is -0.489 e. The number of ether oxygens (including phenoxy) is 1. The smallest absolute Gasteiger partial charge is 0.416 e. The third-order valence-corrected chi connectivity index (χ3v) is 2.80. The van der Waals surface area contributed by atoms with Crippen molar-refractivity contribution in [3.63, 3.8) is 0 Å². The van der Waals surface area contributed by atoms with Gasteiger partial charge in [-0.1, -0.05) is 12.1 Å². The van der Waals surface area contributed by atoms with Crippen LogP contribution in [0.2, 0.25) is 0 Å². The van der Waals surface area contributed by atoms with E-state index in [1.165, 1.54) is 18.2 Å². The zero-order chi connectivity index (χ0) is 16.3. The summed E-state index contributed by atoms with van der Waals surface area (Å²) in [5, 5.41) is 10.5. The van der Waals surface area contributed by atoms with E-state index in [2.05, 4.69) is 0 Å². The van der Waals surface area contributed by atoms with E-state index in [1.807, 2.05) is 0 Å². The highest BCUT2D eigenvalue weighted by Gasteiger charge is 2.29. The molecule has 0 spiro atoms. The van der Waals surface area contributed by atoms with Gasteiger partial charge in [-0.3, -0.25) is 10.1 Å². The van der Waals surface area contributed by atoms with E-state index in [1.54, 1.807) is 0 Å². The largest absolute Gasteiger partial charge is 0.489 e. The van der Waals surface area contributed by atoms with Crippen molar-refractivity contribution in [2.24, 2.45) is 0 Å². The van der Waals surface area contributed by atoms with Crippen molar-refractivity contribution in [2.45, 2.75) is 12.8 Å². The van der Waals surface area contributed by atoms with Crippen LogP contribution in [0.3, 0.4) is 0 Å². The molecule has 0 aromatic heterocycles. The molecule has 0 aliphatic rings. The van der Waals surface area contributed by atoms with Gasteiger partial charge in [-0.05, 0) is 23.8 Å². The Kier molecular flexibility index (Phi) is 4.30. The molecule has 0 radical (unpaired) electrons. The Morgan fingerprint density at radius 2 is 1.73 bits per heavy atom. The highest BCUT2D eigenvalue weighted by molar-refractivity contribution is 5.38. The monoisotopic (exact) mass is 315 g/mol. The maximum absolute atomic E-state index is 13.4. The summed E-state index contributed by atoms with van der Waals surface area (Å²) >= 11 is 0. The van der Waals surface area contributed by atoms with Crippen LogP contribution in [0.15, 0.2) is 42.5 Å². The van der Waals surface area contributed by atoms with Crippen molar-refractivity contribution in [1.82, 2.24) is 0 Å². The highest BCUT2D eigenvalue weighted by Crippen LogP contribution is 2.29. The van der Waals surface area contributed by atoms with Gasteiger partial charge in [0.25, 0.3) is 0 Å². The summed E-state index contributed by atoms with van der Waals surface area (Å²) in [4.78, 5) is 9.59. The van der Waals surface area contributed by atoms with Gasteiger partial charge < -0.3 is 4.74 Å². The van der Waals surface area contributed by atoms with E-state index in [-0.39, 0.29) is 12.4 Å². The molecular weight excluding hydrogens is 306 g/mol. The fourth-order valence-corrected chi connectivity index (χ4v) is 1.68. The molecule has 0 bridgehead atoms. The number of nitrogens with zero attached hydrogens (tertiary/aromatic N) is 1. The second-order valence-electron chi connectivity index (χ2n) is 4.35. The molecule has 2 aromatic carbocycles. The van der Waals surface area contributed by atoms with Crippen LogP contribution in [0.5, 0.6) is 5.75 Å². The lowest BCUT2D eigenvalue weighted by Gasteiger charge is -2.09. The molecule has 8 heteroatoms. The van der Waals surface area contributed by atoms with Gasteiger partial charge in [-0.25, -0.2) is 0 Å². The van der Waals surface area contributed by atoms with Gasteiger partial charge in [0.2, 0.25) is 5.82 Å². The lowest BCUT2D eigenvalue weighted by atomic mass is 10.1. The van der Waals surface area contributed by atoms with Gasteiger partial charge in [0, 0.05) is 12.1 Å². The molecule has 0 saturated carbocycles. The number of hydrogen-bond donors (Lipinski definition) is 0. The lowest BCUT2D eigenvalue weighted by Crippen LogP contribution is -2.05. The summed E-state index contributed by atoms with van der Waals surface area (Å²) < 4.78 is 55.7. The molecule has 4 nitrogen and oxygen atoms in total. The van der Waals surface area contributed by atoms with Gasteiger partial charge in [0.1, 0.15) is 12.4 Å². The number of nitro benzene ring substituents is 1. The first-order valence-corrected chi connectivity index (χ1v) is 6.00. The van der Waals surface area contributed by atoms with Gasteiger partial charge in [-0.15, -0.1) is 0 Å². The Bertz CT molecular complexity index is 683. The van der Waals surface area contributed by atoms with Crippen molar-refractivity contribution in [1.29, 1.82) is 0 Å². The number of hydrogen-bond acceptors (Lipinski definition) is 3. The average Bonchev–Trinajstić information content (AvgIpc) is 2.44. The third-order valence-electron chi connectivity index (χ3n) is 2.80. The molecule has 0 amide bonds. The standard InChI is InChI=1S/C14H9F4NO3/c15-12-7-11(5-6-13(12)19(20)21)22-8-9-1-3-10(4-2-9)14(16,17)18/h1-7H,8H2. The van der Waals surface area contributed by atoms with Crippen LogP contribution in [0.1, 0.15) is 11.1 Å². The fourth-order valence-electron chi connectivity index (χ4n) is 1.68. The van der Waals surface area contributed by atoms with Gasteiger partial charge in [0.05, 0.1) is 10.5 Å². The van der Waals surface area contributed by atoms with Crippen LogP contribution in [0, 0.1) is 15.9 Å². The Morgan fingerprint density at radius 1 is 1.09 bits per heavy atom. The molecule has 2 rings (SSSR count). The van der Waals surface area contributed by atoms with Crippen LogP contribution >= 0.6 is 0 Å². The fraction of sp³-hybridized carbons (Fsp3) is 0.143. The minimum absolute atomic E-state index is 0.0444. The molecular formula is C14H9F4NO3. The molecule has 0 aliphatic heterocycles. The molecule has 0 heterocycles. The van der Waals surface area contributed by atoms with E-state index < -0.39 is 28.2 Å². The second-order valence-corrected chi connectivity index (χ2v) is 4.35. The topological polar surface area (TPSA) is 52.4 Å². The number of alkyl halides is 3. The van der Waals surface area contributed by atoms with Gasteiger partial charge >= 0.3 is 11.9 Å². The molecule has 0 atom stereocenters. The summed E-state index contributed by atoms with van der Waals surface area (Å²) in [6, 6.07) is 7.32. The number of rotatable bonds is 4. The summed E-state index contributed by atoms with van der Waals surface area (Å²) in [6.07, 6.45) is -4.42. The minimum atomic E-state index is -4.42. The van der Waals surface area contributed by atoms with Crippen LogP contribution in [0.4, 0.5) is 23.2 Å². The van der Waals surface area contributed by atoms with Crippen molar-refractivity contribution in [3.8, 4) is 5.75 Å². The van der Waals surface area contributed by atoms with E-state index >= 15 is 0 Å². The average molecular weight is 315 g/mol. The molecule has 0 N–H and O–H groups in total. The molecule has 0 saturated heterocycles. The molecule has 0 aliphatic carbocycles. The Labute approximate surface area is 122 Å². The molecule has 116 valence electrons. The SMILES string of the molecule is O=[N+]([O-])c1ccc(OCc2ccc(C(F)(F)F)cc2)cc1F. The lowest BCUT2D eigenvalue weighted by molar-refractivity contribution is -0.387. The van der Waals surface area contributed by atoms with Crippen LogP contribution in [-0.2, 0) is 12.8 Å². The third kappa shape index (κ3) is 3.72. The normalized spacial score (nSPS) is 11.3. The molecule has 0 fully saturated rings. The Morgan fingerprint density at radius 3 is 2.23 bits per heavy atom. The number of nitro groups is 1. The molecule has 22 heavy (non-hydrogen) atoms. The first-order chi connectivity index (χ1) is 10.3. The summed E-state index contributed by atoms with van der Waals surface area (Å²) in [6.45, 7) is -0.0879. The summed E-state index contributed by atoms with van der Waals surface area (Å²) in [5.41, 5.74) is -1.01. The van der Waals surface area contributed by atoms with Crippen molar-refractivity contribution >= 4 is 5.69 Å². The number of halogens is 4.